The van der Waals surface area contributed by atoms with Gasteiger partial charge in [-0.1, -0.05) is 6.07 Å². The summed E-state index contributed by atoms with van der Waals surface area (Å²) in [7, 11) is 0. The second-order valence-electron chi connectivity index (χ2n) is 4.80. The van der Waals surface area contributed by atoms with Gasteiger partial charge in [0.15, 0.2) is 0 Å². The highest BCUT2D eigenvalue weighted by molar-refractivity contribution is 5.29. The topological polar surface area (TPSA) is 56.0 Å². The monoisotopic (exact) mass is 236 g/mol. The van der Waals surface area contributed by atoms with Crippen molar-refractivity contribution in [3.8, 4) is 11.8 Å². The Kier molecular flexibility index (Phi) is 4.08. The van der Waals surface area contributed by atoms with E-state index < -0.39 is 11.2 Å². The van der Waals surface area contributed by atoms with E-state index in [0.29, 0.717) is 12.1 Å². The summed E-state index contributed by atoms with van der Waals surface area (Å²) in [6.45, 7) is 5.94. The van der Waals surface area contributed by atoms with E-state index >= 15 is 0 Å². The van der Waals surface area contributed by atoms with Gasteiger partial charge in [0.1, 0.15) is 11.6 Å². The summed E-state index contributed by atoms with van der Waals surface area (Å²) in [6, 6.07) is 6.05. The minimum atomic E-state index is -0.484. The molecule has 0 radical (unpaired) electrons. The Hall–Kier alpha value is -1.60. The number of nitrogens with one attached hydrogen (secondary N) is 1. The fourth-order valence-corrected chi connectivity index (χ4v) is 1.42. The Balaban J connectivity index is 2.71. The standard InChI is InChI=1S/C13H17FN2O/c1-9(16-8-13(2,3)7-15)11-5-4-10(17)6-12(11)14/h4-6,9,16-17H,8H2,1-3H3. The van der Waals surface area contributed by atoms with Crippen molar-refractivity contribution >= 4 is 0 Å². The Labute approximate surface area is 101 Å². The first-order chi connectivity index (χ1) is 7.85. The summed E-state index contributed by atoms with van der Waals surface area (Å²) in [5.41, 5.74) is -0.00156. The third-order valence-corrected chi connectivity index (χ3v) is 2.60. The molecule has 0 saturated heterocycles. The van der Waals surface area contributed by atoms with E-state index in [1.54, 1.807) is 6.07 Å². The maximum Gasteiger partial charge on any atom is 0.131 e. The van der Waals surface area contributed by atoms with Gasteiger partial charge < -0.3 is 10.4 Å². The second kappa shape index (κ2) is 5.15. The quantitative estimate of drug-likeness (QED) is 0.845. The summed E-state index contributed by atoms with van der Waals surface area (Å²) in [6.07, 6.45) is 0. The van der Waals surface area contributed by atoms with Crippen molar-refractivity contribution in [2.75, 3.05) is 6.54 Å². The molecule has 0 aliphatic heterocycles. The smallest absolute Gasteiger partial charge is 0.131 e. The van der Waals surface area contributed by atoms with Crippen molar-refractivity contribution in [1.82, 2.24) is 5.32 Å². The molecule has 1 unspecified atom stereocenters. The molecule has 2 N–H and O–H groups in total. The van der Waals surface area contributed by atoms with Crippen molar-refractivity contribution in [3.63, 3.8) is 0 Å². The SMILES string of the molecule is CC(NCC(C)(C)C#N)c1ccc(O)cc1F. The summed E-state index contributed by atoms with van der Waals surface area (Å²) in [5.74, 6) is -0.532. The van der Waals surface area contributed by atoms with Crippen LogP contribution in [0.1, 0.15) is 32.4 Å². The lowest BCUT2D eigenvalue weighted by molar-refractivity contribution is 0.407. The largest absolute Gasteiger partial charge is 0.508 e. The molecule has 0 aliphatic rings. The molecular formula is C13H17FN2O. The first-order valence-corrected chi connectivity index (χ1v) is 5.49. The molecule has 0 saturated carbocycles. The first kappa shape index (κ1) is 13.5. The number of halogens is 1. The van der Waals surface area contributed by atoms with Crippen molar-refractivity contribution in [2.45, 2.75) is 26.8 Å². The molecule has 92 valence electrons. The molecule has 4 heteroatoms. The average molecular weight is 236 g/mol. The van der Waals surface area contributed by atoms with Gasteiger partial charge in [-0.3, -0.25) is 0 Å². The van der Waals surface area contributed by atoms with Crippen molar-refractivity contribution < 1.29 is 9.50 Å². The third kappa shape index (κ3) is 3.72. The van der Waals surface area contributed by atoms with Gasteiger partial charge in [0.25, 0.3) is 0 Å². The van der Waals surface area contributed by atoms with Crippen LogP contribution < -0.4 is 5.32 Å². The lowest BCUT2D eigenvalue weighted by atomic mass is 9.95. The van der Waals surface area contributed by atoms with E-state index in [4.69, 9.17) is 10.4 Å². The van der Waals surface area contributed by atoms with Crippen LogP contribution in [-0.2, 0) is 0 Å². The van der Waals surface area contributed by atoms with Crippen LogP contribution in [0.5, 0.6) is 5.75 Å². The molecule has 3 nitrogen and oxygen atoms in total. The average Bonchev–Trinajstić information content (AvgIpc) is 2.26. The van der Waals surface area contributed by atoms with Gasteiger partial charge in [0.2, 0.25) is 0 Å². The summed E-state index contributed by atoms with van der Waals surface area (Å²) in [4.78, 5) is 0. The number of nitrogens with zero attached hydrogens (tertiary/aromatic N) is 1. The molecule has 0 aromatic heterocycles. The van der Waals surface area contributed by atoms with Crippen LogP contribution in [0.15, 0.2) is 18.2 Å². The molecule has 0 bridgehead atoms. The number of benzene rings is 1. The molecule has 17 heavy (non-hydrogen) atoms. The number of phenolic OH excluding ortho intramolecular Hbond substituents is 1. The lowest BCUT2D eigenvalue weighted by Gasteiger charge is -2.21. The highest BCUT2D eigenvalue weighted by Gasteiger charge is 2.19. The van der Waals surface area contributed by atoms with Crippen LogP contribution >= 0.6 is 0 Å². The van der Waals surface area contributed by atoms with Gasteiger partial charge >= 0.3 is 0 Å². The molecule has 0 aliphatic carbocycles. The summed E-state index contributed by atoms with van der Waals surface area (Å²) in [5, 5.41) is 21.1. The first-order valence-electron chi connectivity index (χ1n) is 5.49. The van der Waals surface area contributed by atoms with E-state index in [2.05, 4.69) is 11.4 Å². The third-order valence-electron chi connectivity index (χ3n) is 2.60. The van der Waals surface area contributed by atoms with Gasteiger partial charge in [0.05, 0.1) is 11.5 Å². The normalized spacial score (nSPS) is 13.1. The van der Waals surface area contributed by atoms with E-state index in [9.17, 15) is 4.39 Å². The maximum absolute atomic E-state index is 13.5. The van der Waals surface area contributed by atoms with Crippen LogP contribution in [0.3, 0.4) is 0 Å². The van der Waals surface area contributed by atoms with Crippen molar-refractivity contribution in [2.24, 2.45) is 5.41 Å². The van der Waals surface area contributed by atoms with Crippen LogP contribution in [0.2, 0.25) is 0 Å². The van der Waals surface area contributed by atoms with Crippen molar-refractivity contribution in [1.29, 1.82) is 5.26 Å². The van der Waals surface area contributed by atoms with Gasteiger partial charge in [-0.15, -0.1) is 0 Å². The van der Waals surface area contributed by atoms with E-state index in [-0.39, 0.29) is 11.8 Å². The fourth-order valence-electron chi connectivity index (χ4n) is 1.42. The highest BCUT2D eigenvalue weighted by Crippen LogP contribution is 2.22. The highest BCUT2D eigenvalue weighted by atomic mass is 19.1. The van der Waals surface area contributed by atoms with Gasteiger partial charge in [-0.05, 0) is 26.8 Å². The predicted octanol–water partition coefficient (Wildman–Crippen LogP) is 2.73. The number of nitriles is 1. The number of phenols is 1. The van der Waals surface area contributed by atoms with Gasteiger partial charge in [-0.2, -0.15) is 5.26 Å². The Morgan fingerprint density at radius 2 is 2.18 bits per heavy atom. The molecule has 1 atom stereocenters. The fraction of sp³-hybridized carbons (Fsp3) is 0.462. The number of hydrogen-bond donors (Lipinski definition) is 2. The lowest BCUT2D eigenvalue weighted by Crippen LogP contribution is -2.30. The molecule has 0 heterocycles. The molecule has 0 amide bonds. The van der Waals surface area contributed by atoms with Crippen LogP contribution in [-0.4, -0.2) is 11.7 Å². The minimum Gasteiger partial charge on any atom is -0.508 e. The molecule has 1 aromatic carbocycles. The van der Waals surface area contributed by atoms with Crippen LogP contribution in [0.25, 0.3) is 0 Å². The van der Waals surface area contributed by atoms with Gasteiger partial charge in [0, 0.05) is 24.2 Å². The van der Waals surface area contributed by atoms with E-state index in [0.717, 1.165) is 6.07 Å². The number of aromatic hydroxyl groups is 1. The zero-order valence-electron chi connectivity index (χ0n) is 10.3. The summed E-state index contributed by atoms with van der Waals surface area (Å²) >= 11 is 0. The zero-order valence-corrected chi connectivity index (χ0v) is 10.3. The predicted molar refractivity (Wildman–Crippen MR) is 63.9 cm³/mol. The second-order valence-corrected chi connectivity index (χ2v) is 4.80. The van der Waals surface area contributed by atoms with E-state index in [1.807, 2.05) is 20.8 Å². The molecule has 0 spiro atoms. The Morgan fingerprint density at radius 1 is 1.53 bits per heavy atom. The van der Waals surface area contributed by atoms with Crippen molar-refractivity contribution in [3.05, 3.63) is 29.6 Å². The molecular weight excluding hydrogens is 219 g/mol. The minimum absolute atomic E-state index is 0.0872. The molecule has 1 rings (SSSR count). The number of hydrogen-bond acceptors (Lipinski definition) is 3. The Bertz CT molecular complexity index is 438. The van der Waals surface area contributed by atoms with Crippen LogP contribution in [0, 0.1) is 22.6 Å². The molecule has 1 aromatic rings. The van der Waals surface area contributed by atoms with E-state index in [1.165, 1.54) is 6.07 Å². The Morgan fingerprint density at radius 3 is 2.71 bits per heavy atom. The number of rotatable bonds is 4. The summed E-state index contributed by atoms with van der Waals surface area (Å²) < 4.78 is 13.5. The zero-order chi connectivity index (χ0) is 13.1. The molecule has 0 fully saturated rings. The van der Waals surface area contributed by atoms with Gasteiger partial charge in [-0.25, -0.2) is 4.39 Å². The van der Waals surface area contributed by atoms with Crippen LogP contribution in [0.4, 0.5) is 4.39 Å². The maximum atomic E-state index is 13.5.